The Bertz CT molecular complexity index is 254. The third kappa shape index (κ3) is 1.30. The van der Waals surface area contributed by atoms with Crippen LogP contribution >= 0.6 is 0 Å². The molecular weight excluding hydrogens is 142 g/mol. The zero-order valence-corrected chi connectivity index (χ0v) is 6.42. The summed E-state index contributed by atoms with van der Waals surface area (Å²) in [5.74, 6) is 0. The van der Waals surface area contributed by atoms with Gasteiger partial charge >= 0.3 is 0 Å². The SMILES string of the molecule is CCc1c(C=O)n[nH]c1CN. The molecule has 1 aromatic rings. The van der Waals surface area contributed by atoms with Gasteiger partial charge in [0.05, 0.1) is 5.69 Å². The predicted octanol–water partition coefficient (Wildman–Crippen LogP) is 0.243. The van der Waals surface area contributed by atoms with Crippen LogP contribution in [0.25, 0.3) is 0 Å². The van der Waals surface area contributed by atoms with Gasteiger partial charge in [-0.25, -0.2) is 0 Å². The van der Waals surface area contributed by atoms with Crippen molar-refractivity contribution in [1.29, 1.82) is 0 Å². The van der Waals surface area contributed by atoms with Gasteiger partial charge in [-0.3, -0.25) is 9.89 Å². The minimum Gasteiger partial charge on any atom is -0.325 e. The highest BCUT2D eigenvalue weighted by Crippen LogP contribution is 2.08. The van der Waals surface area contributed by atoms with Crippen molar-refractivity contribution in [3.8, 4) is 0 Å². The van der Waals surface area contributed by atoms with Crippen molar-refractivity contribution in [3.05, 3.63) is 17.0 Å². The van der Waals surface area contributed by atoms with Gasteiger partial charge in [0.2, 0.25) is 0 Å². The van der Waals surface area contributed by atoms with Crippen LogP contribution in [0.1, 0.15) is 28.7 Å². The first-order valence-electron chi connectivity index (χ1n) is 3.54. The lowest BCUT2D eigenvalue weighted by molar-refractivity contribution is 0.111. The second-order valence-corrected chi connectivity index (χ2v) is 2.24. The molecular formula is C7H11N3O. The lowest BCUT2D eigenvalue weighted by atomic mass is 10.1. The number of carbonyl (C=O) groups is 1. The summed E-state index contributed by atoms with van der Waals surface area (Å²) >= 11 is 0. The topological polar surface area (TPSA) is 71.8 Å². The third-order valence-corrected chi connectivity index (χ3v) is 1.65. The molecule has 0 amide bonds. The van der Waals surface area contributed by atoms with E-state index in [9.17, 15) is 4.79 Å². The summed E-state index contributed by atoms with van der Waals surface area (Å²) in [4.78, 5) is 10.4. The van der Waals surface area contributed by atoms with Gasteiger partial charge in [0.15, 0.2) is 6.29 Å². The molecule has 0 aliphatic rings. The molecule has 0 saturated heterocycles. The molecule has 1 rings (SSSR count). The molecule has 0 spiro atoms. The summed E-state index contributed by atoms with van der Waals surface area (Å²) < 4.78 is 0. The highest BCUT2D eigenvalue weighted by Gasteiger charge is 2.07. The predicted molar refractivity (Wildman–Crippen MR) is 41.2 cm³/mol. The molecule has 0 unspecified atom stereocenters. The first-order valence-corrected chi connectivity index (χ1v) is 3.54. The minimum atomic E-state index is 0.407. The number of aromatic amines is 1. The smallest absolute Gasteiger partial charge is 0.170 e. The fraction of sp³-hybridized carbons (Fsp3) is 0.429. The summed E-state index contributed by atoms with van der Waals surface area (Å²) in [5.41, 5.74) is 7.68. The van der Waals surface area contributed by atoms with Crippen LogP contribution in [-0.4, -0.2) is 16.5 Å². The number of carbonyl (C=O) groups excluding carboxylic acids is 1. The first kappa shape index (κ1) is 7.94. The van der Waals surface area contributed by atoms with Crippen molar-refractivity contribution >= 4 is 6.29 Å². The van der Waals surface area contributed by atoms with Gasteiger partial charge in [0.1, 0.15) is 5.69 Å². The number of hydrogen-bond acceptors (Lipinski definition) is 3. The van der Waals surface area contributed by atoms with E-state index >= 15 is 0 Å². The Hall–Kier alpha value is -1.16. The van der Waals surface area contributed by atoms with Crippen LogP contribution in [0.4, 0.5) is 0 Å². The summed E-state index contributed by atoms with van der Waals surface area (Å²) in [7, 11) is 0. The first-order chi connectivity index (χ1) is 5.33. The van der Waals surface area contributed by atoms with E-state index in [-0.39, 0.29) is 0 Å². The van der Waals surface area contributed by atoms with Crippen LogP contribution in [-0.2, 0) is 13.0 Å². The Balaban J connectivity index is 3.08. The number of aldehydes is 1. The minimum absolute atomic E-state index is 0.407. The van der Waals surface area contributed by atoms with Crippen LogP contribution in [0.2, 0.25) is 0 Å². The van der Waals surface area contributed by atoms with Gasteiger partial charge < -0.3 is 5.73 Å². The molecule has 0 radical (unpaired) electrons. The number of nitrogens with zero attached hydrogens (tertiary/aromatic N) is 1. The molecule has 11 heavy (non-hydrogen) atoms. The standard InChI is InChI=1S/C7H11N3O/c1-2-5-6(3-8)9-10-7(5)4-11/h4H,2-3,8H2,1H3,(H,9,10). The Morgan fingerprint density at radius 2 is 2.45 bits per heavy atom. The van der Waals surface area contributed by atoms with E-state index in [0.717, 1.165) is 24.0 Å². The normalized spacial score (nSPS) is 10.0. The number of rotatable bonds is 3. The summed E-state index contributed by atoms with van der Waals surface area (Å²) in [6.45, 7) is 2.38. The lowest BCUT2D eigenvalue weighted by Crippen LogP contribution is -2.00. The van der Waals surface area contributed by atoms with Crippen LogP contribution < -0.4 is 5.73 Å². The maximum atomic E-state index is 10.4. The fourth-order valence-corrected chi connectivity index (χ4v) is 1.08. The zero-order valence-electron chi connectivity index (χ0n) is 6.42. The molecule has 0 aliphatic heterocycles. The Kier molecular flexibility index (Phi) is 2.38. The average molecular weight is 153 g/mol. The van der Waals surface area contributed by atoms with Crippen molar-refractivity contribution < 1.29 is 4.79 Å². The second kappa shape index (κ2) is 3.30. The van der Waals surface area contributed by atoms with Gasteiger partial charge in [-0.15, -0.1) is 0 Å². The van der Waals surface area contributed by atoms with E-state index < -0.39 is 0 Å². The zero-order chi connectivity index (χ0) is 8.27. The van der Waals surface area contributed by atoms with E-state index in [1.807, 2.05) is 6.92 Å². The van der Waals surface area contributed by atoms with E-state index in [4.69, 9.17) is 5.73 Å². The molecule has 3 N–H and O–H groups in total. The highest BCUT2D eigenvalue weighted by atomic mass is 16.1. The molecule has 1 aromatic heterocycles. The number of H-pyrrole nitrogens is 1. The molecule has 4 nitrogen and oxygen atoms in total. The van der Waals surface area contributed by atoms with E-state index in [1.165, 1.54) is 0 Å². The largest absolute Gasteiger partial charge is 0.325 e. The fourth-order valence-electron chi connectivity index (χ4n) is 1.08. The molecule has 0 bridgehead atoms. The maximum Gasteiger partial charge on any atom is 0.170 e. The van der Waals surface area contributed by atoms with Gasteiger partial charge in [0.25, 0.3) is 0 Å². The van der Waals surface area contributed by atoms with Crippen molar-refractivity contribution in [2.24, 2.45) is 5.73 Å². The molecule has 0 aromatic carbocycles. The third-order valence-electron chi connectivity index (χ3n) is 1.65. The van der Waals surface area contributed by atoms with Crippen molar-refractivity contribution in [1.82, 2.24) is 10.2 Å². The van der Waals surface area contributed by atoms with Gasteiger partial charge in [-0.2, -0.15) is 5.10 Å². The molecule has 4 heteroatoms. The maximum absolute atomic E-state index is 10.4. The van der Waals surface area contributed by atoms with E-state index in [2.05, 4.69) is 10.2 Å². The van der Waals surface area contributed by atoms with Gasteiger partial charge in [-0.1, -0.05) is 6.92 Å². The second-order valence-electron chi connectivity index (χ2n) is 2.24. The number of aromatic nitrogens is 2. The molecule has 1 heterocycles. The Morgan fingerprint density at radius 1 is 1.73 bits per heavy atom. The molecule has 0 fully saturated rings. The molecule has 0 aliphatic carbocycles. The van der Waals surface area contributed by atoms with E-state index in [0.29, 0.717) is 12.2 Å². The van der Waals surface area contributed by atoms with Crippen molar-refractivity contribution in [2.75, 3.05) is 0 Å². The molecule has 0 atom stereocenters. The number of nitrogens with one attached hydrogen (secondary N) is 1. The van der Waals surface area contributed by atoms with Crippen molar-refractivity contribution in [3.63, 3.8) is 0 Å². The molecule has 0 saturated carbocycles. The van der Waals surface area contributed by atoms with Crippen LogP contribution in [0.15, 0.2) is 0 Å². The number of nitrogens with two attached hydrogens (primary N) is 1. The van der Waals surface area contributed by atoms with Crippen LogP contribution in [0, 0.1) is 0 Å². The highest BCUT2D eigenvalue weighted by molar-refractivity contribution is 5.74. The summed E-state index contributed by atoms with van der Waals surface area (Å²) in [6.07, 6.45) is 1.53. The van der Waals surface area contributed by atoms with Crippen LogP contribution in [0.3, 0.4) is 0 Å². The lowest BCUT2D eigenvalue weighted by Gasteiger charge is -1.94. The average Bonchev–Trinajstić information content (AvgIpc) is 2.45. The monoisotopic (exact) mass is 153 g/mol. The van der Waals surface area contributed by atoms with Crippen LogP contribution in [0.5, 0.6) is 0 Å². The quantitative estimate of drug-likeness (QED) is 0.611. The van der Waals surface area contributed by atoms with Crippen molar-refractivity contribution in [2.45, 2.75) is 19.9 Å². The number of hydrogen-bond donors (Lipinski definition) is 2. The Labute approximate surface area is 64.8 Å². The summed E-state index contributed by atoms with van der Waals surface area (Å²) in [5, 5.41) is 6.52. The summed E-state index contributed by atoms with van der Waals surface area (Å²) in [6, 6.07) is 0. The molecule has 60 valence electrons. The Morgan fingerprint density at radius 3 is 2.91 bits per heavy atom. The van der Waals surface area contributed by atoms with Gasteiger partial charge in [0, 0.05) is 12.1 Å². The van der Waals surface area contributed by atoms with E-state index in [1.54, 1.807) is 0 Å². The van der Waals surface area contributed by atoms with Gasteiger partial charge in [-0.05, 0) is 6.42 Å².